The maximum atomic E-state index is 11.3. The van der Waals surface area contributed by atoms with Crippen LogP contribution in [0.2, 0.25) is 0 Å². The van der Waals surface area contributed by atoms with Gasteiger partial charge in [0, 0.05) is 40.2 Å². The second-order valence-corrected chi connectivity index (χ2v) is 7.37. The van der Waals surface area contributed by atoms with Crippen LogP contribution >= 0.6 is 11.8 Å². The Balaban J connectivity index is 2.02. The van der Waals surface area contributed by atoms with Gasteiger partial charge in [-0.25, -0.2) is 0 Å². The van der Waals surface area contributed by atoms with Crippen molar-refractivity contribution < 1.29 is 9.53 Å². The van der Waals surface area contributed by atoms with E-state index in [1.807, 2.05) is 43.4 Å². The molecular weight excluding hydrogens is 354 g/mol. The van der Waals surface area contributed by atoms with Crippen LogP contribution in [0.3, 0.4) is 0 Å². The Morgan fingerprint density at radius 1 is 1.00 bits per heavy atom. The van der Waals surface area contributed by atoms with Crippen LogP contribution in [0, 0.1) is 0 Å². The van der Waals surface area contributed by atoms with E-state index in [1.165, 1.54) is 11.8 Å². The third-order valence-electron chi connectivity index (χ3n) is 4.53. The van der Waals surface area contributed by atoms with E-state index in [0.29, 0.717) is 5.75 Å². The lowest BCUT2D eigenvalue weighted by molar-refractivity contribution is -0.131. The lowest BCUT2D eigenvalue weighted by atomic mass is 9.99. The molecule has 0 aromatic heterocycles. The summed E-state index contributed by atoms with van der Waals surface area (Å²) in [5.41, 5.74) is 4.39. The highest BCUT2D eigenvalue weighted by molar-refractivity contribution is 8.08. The van der Waals surface area contributed by atoms with Crippen LogP contribution in [0.25, 0.3) is 22.6 Å². The lowest BCUT2D eigenvalue weighted by Crippen LogP contribution is -2.29. The van der Waals surface area contributed by atoms with Crippen molar-refractivity contribution in [1.29, 1.82) is 0 Å². The molecule has 3 aromatic rings. The van der Waals surface area contributed by atoms with Crippen LogP contribution in [-0.2, 0) is 4.79 Å². The van der Waals surface area contributed by atoms with E-state index in [0.717, 1.165) is 37.7 Å². The highest BCUT2D eigenvalue weighted by atomic mass is 32.2. The zero-order chi connectivity index (χ0) is 19.0. The highest BCUT2D eigenvalue weighted by Gasteiger charge is 2.21. The quantitative estimate of drug-likeness (QED) is 0.556. The first-order valence-corrected chi connectivity index (χ1v) is 9.50. The molecule has 4 rings (SSSR count). The average molecular weight is 373 g/mol. The summed E-state index contributed by atoms with van der Waals surface area (Å²) in [6, 6.07) is 20.2. The van der Waals surface area contributed by atoms with Gasteiger partial charge >= 0.3 is 5.97 Å². The molecule has 27 heavy (non-hydrogen) atoms. The number of carbonyl (C=O) groups excluding carboxylic acids is 1. The number of para-hydroxylation sites is 1. The predicted molar refractivity (Wildman–Crippen MR) is 112 cm³/mol. The van der Waals surface area contributed by atoms with E-state index < -0.39 is 0 Å². The van der Waals surface area contributed by atoms with Crippen molar-refractivity contribution in [2.24, 2.45) is 0 Å². The van der Waals surface area contributed by atoms with Gasteiger partial charge in [-0.15, -0.1) is 0 Å². The lowest BCUT2D eigenvalue weighted by Gasteiger charge is -2.22. The zero-order valence-electron chi connectivity index (χ0n) is 15.2. The van der Waals surface area contributed by atoms with Crippen molar-refractivity contribution >= 4 is 34.9 Å². The summed E-state index contributed by atoms with van der Waals surface area (Å²) < 4.78 is 5.29. The molecule has 0 unspecified atom stereocenters. The molecule has 0 aliphatic carbocycles. The SMILES string of the molecule is C=c1cccc2c1=C(c1ccccc1NC)Sc1ccc(OC(C)=O)cc1-2. The fourth-order valence-corrected chi connectivity index (χ4v) is 4.65. The Kier molecular flexibility index (Phi) is 4.50. The number of anilines is 1. The number of hydrogen-bond donors (Lipinski definition) is 1. The maximum Gasteiger partial charge on any atom is 0.308 e. The number of fused-ring (bicyclic) bond motifs is 3. The predicted octanol–water partition coefficient (Wildman–Crippen LogP) is 3.99. The summed E-state index contributed by atoms with van der Waals surface area (Å²) in [6.07, 6.45) is 0. The number of esters is 1. The van der Waals surface area contributed by atoms with Crippen LogP contribution in [-0.4, -0.2) is 13.0 Å². The molecule has 0 fully saturated rings. The fraction of sp³-hybridized carbons (Fsp3) is 0.0870. The van der Waals surface area contributed by atoms with Crippen LogP contribution in [0.1, 0.15) is 12.5 Å². The van der Waals surface area contributed by atoms with Crippen LogP contribution in [0.5, 0.6) is 5.75 Å². The number of rotatable bonds is 3. The minimum atomic E-state index is -0.320. The van der Waals surface area contributed by atoms with Crippen molar-refractivity contribution in [2.45, 2.75) is 11.8 Å². The van der Waals surface area contributed by atoms with E-state index in [4.69, 9.17) is 4.74 Å². The van der Waals surface area contributed by atoms with Gasteiger partial charge in [0.15, 0.2) is 0 Å². The van der Waals surface area contributed by atoms with Crippen molar-refractivity contribution in [2.75, 3.05) is 12.4 Å². The molecule has 0 radical (unpaired) electrons. The maximum absolute atomic E-state index is 11.3. The average Bonchev–Trinajstić information content (AvgIpc) is 2.67. The second-order valence-electron chi connectivity index (χ2n) is 6.32. The van der Waals surface area contributed by atoms with E-state index in [9.17, 15) is 4.79 Å². The van der Waals surface area contributed by atoms with Crippen molar-refractivity contribution in [3.8, 4) is 16.9 Å². The monoisotopic (exact) mass is 373 g/mol. The topological polar surface area (TPSA) is 38.3 Å². The minimum absolute atomic E-state index is 0.320. The van der Waals surface area contributed by atoms with Gasteiger partial charge in [0.25, 0.3) is 0 Å². The summed E-state index contributed by atoms with van der Waals surface area (Å²) in [6.45, 7) is 5.68. The number of hydrogen-bond acceptors (Lipinski definition) is 4. The first-order valence-electron chi connectivity index (χ1n) is 8.68. The molecule has 0 bridgehead atoms. The molecule has 0 atom stereocenters. The Hall–Kier alpha value is -2.98. The van der Waals surface area contributed by atoms with Gasteiger partial charge in [0.05, 0.1) is 0 Å². The first kappa shape index (κ1) is 17.4. The second kappa shape index (κ2) is 6.97. The molecule has 1 heterocycles. The molecule has 3 aromatic carbocycles. The molecule has 0 amide bonds. The largest absolute Gasteiger partial charge is 0.427 e. The Morgan fingerprint density at radius 3 is 2.56 bits per heavy atom. The summed E-state index contributed by atoms with van der Waals surface area (Å²) >= 11 is 1.72. The van der Waals surface area contributed by atoms with E-state index in [1.54, 1.807) is 11.8 Å². The number of nitrogens with one attached hydrogen (secondary N) is 1. The van der Waals surface area contributed by atoms with Crippen molar-refractivity contribution in [3.05, 3.63) is 76.7 Å². The van der Waals surface area contributed by atoms with Crippen LogP contribution in [0.4, 0.5) is 5.69 Å². The summed E-state index contributed by atoms with van der Waals surface area (Å²) in [5.74, 6) is 0.237. The number of thioether (sulfide) groups is 1. The van der Waals surface area contributed by atoms with Gasteiger partial charge in [0.2, 0.25) is 0 Å². The zero-order valence-corrected chi connectivity index (χ0v) is 16.0. The van der Waals surface area contributed by atoms with E-state index in [-0.39, 0.29) is 5.97 Å². The van der Waals surface area contributed by atoms with E-state index >= 15 is 0 Å². The molecule has 1 aliphatic heterocycles. The summed E-state index contributed by atoms with van der Waals surface area (Å²) in [4.78, 5) is 13.6. The highest BCUT2D eigenvalue weighted by Crippen LogP contribution is 2.44. The number of carbonyl (C=O) groups is 1. The summed E-state index contributed by atoms with van der Waals surface area (Å²) in [5, 5.41) is 5.38. The Morgan fingerprint density at radius 2 is 1.78 bits per heavy atom. The summed E-state index contributed by atoms with van der Waals surface area (Å²) in [7, 11) is 1.93. The molecule has 134 valence electrons. The van der Waals surface area contributed by atoms with Crippen molar-refractivity contribution in [1.82, 2.24) is 0 Å². The minimum Gasteiger partial charge on any atom is -0.427 e. The smallest absolute Gasteiger partial charge is 0.308 e. The van der Waals surface area contributed by atoms with Gasteiger partial charge in [-0.05, 0) is 40.6 Å². The Labute approximate surface area is 162 Å². The molecule has 1 N–H and O–H groups in total. The van der Waals surface area contributed by atoms with Gasteiger partial charge in [0.1, 0.15) is 5.75 Å². The molecule has 0 spiro atoms. The first-order chi connectivity index (χ1) is 13.1. The normalized spacial score (nSPS) is 12.1. The Bertz CT molecular complexity index is 1170. The van der Waals surface area contributed by atoms with Gasteiger partial charge in [-0.1, -0.05) is 54.7 Å². The number of ether oxygens (including phenoxy) is 1. The molecule has 0 saturated heterocycles. The van der Waals surface area contributed by atoms with Crippen molar-refractivity contribution in [3.63, 3.8) is 0 Å². The third kappa shape index (κ3) is 3.13. The molecule has 3 nitrogen and oxygen atoms in total. The van der Waals surface area contributed by atoms with Crippen LogP contribution in [0.15, 0.2) is 65.6 Å². The molecule has 1 aliphatic rings. The molecule has 4 heteroatoms. The van der Waals surface area contributed by atoms with Crippen LogP contribution < -0.4 is 20.5 Å². The third-order valence-corrected chi connectivity index (χ3v) is 5.74. The van der Waals surface area contributed by atoms with Gasteiger partial charge < -0.3 is 10.1 Å². The molecule has 0 saturated carbocycles. The molecular formula is C23H19NO2S. The van der Waals surface area contributed by atoms with E-state index in [2.05, 4.69) is 36.2 Å². The fourth-order valence-electron chi connectivity index (χ4n) is 3.38. The standard InChI is InChI=1S/C23H19NO2S/c1-14-7-6-9-17-19-13-16(26-15(2)25)11-12-21(19)27-23(22(14)17)18-8-4-5-10-20(18)24-3/h4-13,24H,1H2,2-3H3. The number of benzene rings is 3. The van der Waals surface area contributed by atoms with Gasteiger partial charge in [-0.2, -0.15) is 0 Å². The van der Waals surface area contributed by atoms with Gasteiger partial charge in [-0.3, -0.25) is 4.79 Å².